The van der Waals surface area contributed by atoms with Crippen LogP contribution in [0.4, 0.5) is 0 Å². The number of pyridine rings is 1. The Bertz CT molecular complexity index is 1550. The van der Waals surface area contributed by atoms with Crippen molar-refractivity contribution in [2.75, 3.05) is 13.4 Å². The molecule has 204 valence electrons. The number of nitrogens with zero attached hydrogens (tertiary/aromatic N) is 5. The zero-order valence-corrected chi connectivity index (χ0v) is 22.6. The summed E-state index contributed by atoms with van der Waals surface area (Å²) in [7, 11) is 0. The molecule has 0 amide bonds. The lowest BCUT2D eigenvalue weighted by atomic mass is 9.99. The molecular weight excluding hydrogens is 524 g/mol. The first-order valence-electron chi connectivity index (χ1n) is 12.7. The first-order valence-corrected chi connectivity index (χ1v) is 13.1. The van der Waals surface area contributed by atoms with Gasteiger partial charge in [0.25, 0.3) is 5.56 Å². The zero-order valence-electron chi connectivity index (χ0n) is 21.9. The molecule has 11 nitrogen and oxygen atoms in total. The molecule has 0 radical (unpaired) electrons. The van der Waals surface area contributed by atoms with Crippen LogP contribution < -0.4 is 15.0 Å². The van der Waals surface area contributed by atoms with E-state index >= 15 is 0 Å². The van der Waals surface area contributed by atoms with Crippen LogP contribution in [0.5, 0.6) is 11.5 Å². The number of hydrogen-bond donors (Lipinski definition) is 1. The van der Waals surface area contributed by atoms with Gasteiger partial charge in [-0.15, -0.1) is 5.10 Å². The van der Waals surface area contributed by atoms with Gasteiger partial charge in [-0.1, -0.05) is 43.6 Å². The molecule has 2 aromatic carbocycles. The molecule has 1 atom stereocenters. The normalized spacial score (nSPS) is 13.4. The van der Waals surface area contributed by atoms with Crippen LogP contribution in [0.15, 0.2) is 47.3 Å². The largest absolute Gasteiger partial charge is 0.465 e. The van der Waals surface area contributed by atoms with Gasteiger partial charge in [0.05, 0.1) is 18.2 Å². The number of carbonyl (C=O) groups excluding carboxylic acids is 1. The van der Waals surface area contributed by atoms with Crippen molar-refractivity contribution < 1.29 is 19.0 Å². The highest BCUT2D eigenvalue weighted by atomic mass is 35.5. The third kappa shape index (κ3) is 5.74. The van der Waals surface area contributed by atoms with Crippen LogP contribution in [-0.2, 0) is 29.2 Å². The van der Waals surface area contributed by atoms with E-state index in [-0.39, 0.29) is 44.0 Å². The van der Waals surface area contributed by atoms with Crippen LogP contribution in [0.1, 0.15) is 43.8 Å². The molecule has 1 aliphatic heterocycles. The summed E-state index contributed by atoms with van der Waals surface area (Å²) in [6, 6.07) is 12.7. The van der Waals surface area contributed by atoms with E-state index in [2.05, 4.69) is 25.4 Å². The number of halogens is 1. The molecule has 12 heteroatoms. The summed E-state index contributed by atoms with van der Waals surface area (Å²) in [5.74, 6) is 1.29. The van der Waals surface area contributed by atoms with E-state index in [1.165, 1.54) is 4.68 Å². The topological polar surface area (TPSA) is 124 Å². The third-order valence-electron chi connectivity index (χ3n) is 6.55. The summed E-state index contributed by atoms with van der Waals surface area (Å²) in [5, 5.41) is 13.6. The van der Waals surface area contributed by atoms with Gasteiger partial charge in [-0.3, -0.25) is 14.5 Å². The van der Waals surface area contributed by atoms with Crippen LogP contribution in [0.3, 0.4) is 0 Å². The summed E-state index contributed by atoms with van der Waals surface area (Å²) in [6.07, 6.45) is 0. The van der Waals surface area contributed by atoms with Gasteiger partial charge in [-0.25, -0.2) is 4.68 Å². The second-order valence-corrected chi connectivity index (χ2v) is 10.0. The number of aromatic nitrogens is 5. The fourth-order valence-electron chi connectivity index (χ4n) is 4.82. The van der Waals surface area contributed by atoms with E-state index in [1.807, 2.05) is 50.2 Å². The maximum absolute atomic E-state index is 13.3. The molecule has 39 heavy (non-hydrogen) atoms. The number of benzene rings is 2. The molecule has 0 aliphatic carbocycles. The maximum Gasteiger partial charge on any atom is 0.327 e. The lowest BCUT2D eigenvalue weighted by Gasteiger charge is -2.33. The number of rotatable bonds is 10. The first kappa shape index (κ1) is 26.6. The molecule has 0 spiro atoms. The summed E-state index contributed by atoms with van der Waals surface area (Å²) in [4.78, 5) is 30.6. The second-order valence-electron chi connectivity index (χ2n) is 9.60. The fourth-order valence-corrected chi connectivity index (χ4v) is 5.02. The Morgan fingerprint density at radius 1 is 1.15 bits per heavy atom. The van der Waals surface area contributed by atoms with Crippen LogP contribution in [0.2, 0.25) is 5.02 Å². The Labute approximate surface area is 229 Å². The van der Waals surface area contributed by atoms with Gasteiger partial charge < -0.3 is 19.2 Å². The molecular formula is C27H29ClN6O5. The van der Waals surface area contributed by atoms with Crippen LogP contribution in [0.25, 0.3) is 10.9 Å². The van der Waals surface area contributed by atoms with Crippen molar-refractivity contribution in [3.8, 4) is 11.5 Å². The minimum atomic E-state index is -0.434. The number of H-pyrrole nitrogens is 1. The van der Waals surface area contributed by atoms with E-state index in [0.29, 0.717) is 40.0 Å². The maximum atomic E-state index is 13.3. The quantitative estimate of drug-likeness (QED) is 0.292. The second kappa shape index (κ2) is 11.4. The smallest absolute Gasteiger partial charge is 0.327 e. The molecule has 0 fully saturated rings. The first-order chi connectivity index (χ1) is 18.8. The Kier molecular flexibility index (Phi) is 7.80. The monoisotopic (exact) mass is 552 g/mol. The van der Waals surface area contributed by atoms with E-state index in [9.17, 15) is 9.59 Å². The number of fused-ring (bicyclic) bond motifs is 2. The molecule has 3 heterocycles. The summed E-state index contributed by atoms with van der Waals surface area (Å²) in [5.41, 5.74) is 1.86. The highest BCUT2D eigenvalue weighted by Crippen LogP contribution is 2.36. The predicted molar refractivity (Wildman–Crippen MR) is 143 cm³/mol. The fraction of sp³-hybridized carbons (Fsp3) is 0.370. The number of carbonyl (C=O) groups is 1. The summed E-state index contributed by atoms with van der Waals surface area (Å²) >= 11 is 6.55. The molecule has 1 unspecified atom stereocenters. The molecule has 1 N–H and O–H groups in total. The van der Waals surface area contributed by atoms with Crippen molar-refractivity contribution in [1.82, 2.24) is 30.1 Å². The summed E-state index contributed by atoms with van der Waals surface area (Å²) < 4.78 is 17.5. The molecule has 2 aromatic heterocycles. The Balaban J connectivity index is 1.55. The lowest BCUT2D eigenvalue weighted by Crippen LogP contribution is -2.35. The Morgan fingerprint density at radius 2 is 1.90 bits per heavy atom. The summed E-state index contributed by atoms with van der Waals surface area (Å²) in [6.45, 7) is 6.78. The molecule has 4 aromatic rings. The Hall–Kier alpha value is -3.96. The van der Waals surface area contributed by atoms with Gasteiger partial charge in [-0.05, 0) is 47.0 Å². The highest BCUT2D eigenvalue weighted by Gasteiger charge is 2.31. The van der Waals surface area contributed by atoms with Crippen LogP contribution >= 0.6 is 11.6 Å². The number of nitrogens with one attached hydrogen (secondary N) is 1. The third-order valence-corrected chi connectivity index (χ3v) is 6.92. The number of ether oxygens (including phenoxy) is 3. The van der Waals surface area contributed by atoms with E-state index in [1.54, 1.807) is 13.0 Å². The highest BCUT2D eigenvalue weighted by molar-refractivity contribution is 6.31. The number of hydrogen-bond acceptors (Lipinski definition) is 9. The molecule has 0 saturated carbocycles. The van der Waals surface area contributed by atoms with E-state index < -0.39 is 5.97 Å². The predicted octanol–water partition coefficient (Wildman–Crippen LogP) is 3.86. The molecule has 5 rings (SSSR count). The SMILES string of the molecule is CCOC(=O)Cn1nnnc1C(C(C)C)N(Cc1ccccc1Cl)Cc1cc2cc3c(cc2[nH]c1=O)OCO3. The van der Waals surface area contributed by atoms with Gasteiger partial charge in [0, 0.05) is 35.1 Å². The van der Waals surface area contributed by atoms with Crippen molar-refractivity contribution in [1.29, 1.82) is 0 Å². The minimum absolute atomic E-state index is 0.00721. The van der Waals surface area contributed by atoms with Crippen molar-refractivity contribution in [3.63, 3.8) is 0 Å². The molecule has 0 bridgehead atoms. The minimum Gasteiger partial charge on any atom is -0.465 e. The number of tetrazole rings is 1. The zero-order chi connectivity index (χ0) is 27.5. The van der Waals surface area contributed by atoms with Crippen LogP contribution in [-0.4, -0.2) is 49.5 Å². The van der Waals surface area contributed by atoms with Crippen molar-refractivity contribution in [3.05, 3.63) is 74.8 Å². The van der Waals surface area contributed by atoms with Crippen molar-refractivity contribution in [2.24, 2.45) is 5.92 Å². The van der Waals surface area contributed by atoms with E-state index in [4.69, 9.17) is 25.8 Å². The van der Waals surface area contributed by atoms with Crippen molar-refractivity contribution in [2.45, 2.75) is 46.4 Å². The van der Waals surface area contributed by atoms with Crippen molar-refractivity contribution >= 4 is 28.5 Å². The Morgan fingerprint density at radius 3 is 2.64 bits per heavy atom. The van der Waals surface area contributed by atoms with Gasteiger partial charge in [0.2, 0.25) is 6.79 Å². The van der Waals surface area contributed by atoms with Gasteiger partial charge in [0.15, 0.2) is 17.3 Å². The van der Waals surface area contributed by atoms with E-state index in [0.717, 1.165) is 10.9 Å². The standard InChI is InChI=1S/C27H29ClN6O5/c1-4-37-24(35)14-34-26(30-31-32-34)25(16(2)3)33(12-17-7-5-6-8-20(17)28)13-19-9-18-10-22-23(39-15-38-22)11-21(18)29-27(19)36/h5-11,16,25H,4,12-15H2,1-3H3,(H,29,36). The van der Waals surface area contributed by atoms with Gasteiger partial charge in [-0.2, -0.15) is 0 Å². The average molecular weight is 553 g/mol. The average Bonchev–Trinajstić information content (AvgIpc) is 3.53. The molecule has 1 aliphatic rings. The number of esters is 1. The number of aromatic amines is 1. The molecule has 0 saturated heterocycles. The van der Waals surface area contributed by atoms with Gasteiger partial charge in [0.1, 0.15) is 6.54 Å². The van der Waals surface area contributed by atoms with Crippen LogP contribution in [0, 0.1) is 5.92 Å². The lowest BCUT2D eigenvalue weighted by molar-refractivity contribution is -0.144. The van der Waals surface area contributed by atoms with Gasteiger partial charge >= 0.3 is 5.97 Å².